The number of carbonyl (C=O) groups is 2. The lowest BCUT2D eigenvalue weighted by atomic mass is 9.70. The molecule has 1 aromatic rings. The van der Waals surface area contributed by atoms with Crippen molar-refractivity contribution in [2.45, 2.75) is 149 Å². The van der Waals surface area contributed by atoms with E-state index in [1.54, 1.807) is 26.0 Å². The summed E-state index contributed by atoms with van der Waals surface area (Å²) in [6, 6.07) is 3.40. The van der Waals surface area contributed by atoms with Gasteiger partial charge >= 0.3 is 5.97 Å². The Bertz CT molecular complexity index is 1150. The van der Waals surface area contributed by atoms with E-state index in [0.29, 0.717) is 49.7 Å². The number of aromatic carboxylic acids is 1. The Morgan fingerprint density at radius 3 is 2.26 bits per heavy atom. The molecule has 2 aliphatic heterocycles. The lowest BCUT2D eigenvalue weighted by Crippen LogP contribution is -2.62. The number of Topliss-reactive ketones (excluding diaryl/α,β-unsaturated/α-hetero) is 1. The van der Waals surface area contributed by atoms with Crippen LogP contribution in [0, 0.1) is 30.6 Å². The molecule has 10 atom stereocenters. The number of hydrogen-bond acceptors (Lipinski definition) is 7. The van der Waals surface area contributed by atoms with Gasteiger partial charge in [0.05, 0.1) is 35.1 Å². The molecular formula is C35H56O8. The predicted molar refractivity (Wildman–Crippen MR) is 166 cm³/mol. The molecule has 43 heavy (non-hydrogen) atoms. The van der Waals surface area contributed by atoms with Gasteiger partial charge in [-0.15, -0.1) is 0 Å². The summed E-state index contributed by atoms with van der Waals surface area (Å²) in [4.78, 5) is 25.8. The summed E-state index contributed by atoms with van der Waals surface area (Å²) in [7, 11) is 0. The summed E-state index contributed by atoms with van der Waals surface area (Å²) in [6.07, 6.45) is 3.30. The Labute approximate surface area is 258 Å². The zero-order chi connectivity index (χ0) is 32.5. The van der Waals surface area contributed by atoms with Gasteiger partial charge in [-0.25, -0.2) is 4.79 Å². The SMILES string of the molecule is CC[C@@H](C(=O)[C@@H](C)[C@@H](O)[C@H](C)CCc1ccc(C)c(O)c1C(=O)O)[C@H]1O[C@](CC)([C@@]2(C)CC[C@](O)(CC)[C@H](C)O2)C[C@@H]1C. The number of aryl methyl sites for hydroxylation is 2. The fourth-order valence-electron chi connectivity index (χ4n) is 7.83. The van der Waals surface area contributed by atoms with Gasteiger partial charge in [0.15, 0.2) is 0 Å². The molecule has 0 amide bonds. The third-order valence-corrected chi connectivity index (χ3v) is 11.2. The Kier molecular flexibility index (Phi) is 11.2. The van der Waals surface area contributed by atoms with Crippen LogP contribution in [0.5, 0.6) is 5.75 Å². The normalized spacial score (nSPS) is 34.0. The van der Waals surface area contributed by atoms with E-state index in [0.717, 1.165) is 12.8 Å². The van der Waals surface area contributed by atoms with Crippen molar-refractivity contribution in [2.75, 3.05) is 0 Å². The Morgan fingerprint density at radius 2 is 1.72 bits per heavy atom. The van der Waals surface area contributed by atoms with Gasteiger partial charge in [0.1, 0.15) is 17.1 Å². The van der Waals surface area contributed by atoms with Crippen molar-refractivity contribution in [1.29, 1.82) is 0 Å². The van der Waals surface area contributed by atoms with Gasteiger partial charge in [0.2, 0.25) is 0 Å². The average molecular weight is 605 g/mol. The number of aliphatic hydroxyl groups excluding tert-OH is 1. The van der Waals surface area contributed by atoms with Crippen molar-refractivity contribution in [3.8, 4) is 5.75 Å². The topological polar surface area (TPSA) is 134 Å². The third kappa shape index (κ3) is 6.68. The highest BCUT2D eigenvalue weighted by molar-refractivity contribution is 5.93. The number of carboxylic acids is 1. The first-order chi connectivity index (χ1) is 20.0. The van der Waals surface area contributed by atoms with E-state index in [9.17, 15) is 30.0 Å². The summed E-state index contributed by atoms with van der Waals surface area (Å²) >= 11 is 0. The van der Waals surface area contributed by atoms with Gasteiger partial charge < -0.3 is 29.9 Å². The number of rotatable bonds is 13. The van der Waals surface area contributed by atoms with E-state index in [1.165, 1.54) is 0 Å². The zero-order valence-electron chi connectivity index (χ0n) is 27.8. The molecule has 4 N–H and O–H groups in total. The summed E-state index contributed by atoms with van der Waals surface area (Å²) in [5.41, 5.74) is -1.12. The number of hydrogen-bond donors (Lipinski definition) is 4. The largest absolute Gasteiger partial charge is 0.507 e. The van der Waals surface area contributed by atoms with Gasteiger partial charge in [-0.1, -0.05) is 53.7 Å². The van der Waals surface area contributed by atoms with E-state index in [-0.39, 0.29) is 47.1 Å². The first kappa shape index (κ1) is 35.5. The smallest absolute Gasteiger partial charge is 0.339 e. The molecule has 3 rings (SSSR count). The Morgan fingerprint density at radius 1 is 1.07 bits per heavy atom. The van der Waals surface area contributed by atoms with Crippen molar-refractivity contribution in [3.05, 3.63) is 28.8 Å². The number of ether oxygens (including phenoxy) is 2. The molecule has 2 fully saturated rings. The second kappa shape index (κ2) is 13.6. The number of aliphatic hydroxyl groups is 2. The van der Waals surface area contributed by atoms with Crippen LogP contribution in [-0.2, 0) is 20.7 Å². The minimum Gasteiger partial charge on any atom is -0.507 e. The Hall–Kier alpha value is -2.00. The van der Waals surface area contributed by atoms with E-state index in [1.807, 2.05) is 27.7 Å². The van der Waals surface area contributed by atoms with Gasteiger partial charge in [-0.3, -0.25) is 4.79 Å². The van der Waals surface area contributed by atoms with Crippen molar-refractivity contribution in [1.82, 2.24) is 0 Å². The third-order valence-electron chi connectivity index (χ3n) is 11.2. The second-order valence-corrected chi connectivity index (χ2v) is 13.8. The lowest BCUT2D eigenvalue weighted by molar-refractivity contribution is -0.275. The van der Waals surface area contributed by atoms with E-state index in [2.05, 4.69) is 20.8 Å². The quantitative estimate of drug-likeness (QED) is 0.208. The van der Waals surface area contributed by atoms with Gasteiger partial charge in [0, 0.05) is 11.8 Å². The van der Waals surface area contributed by atoms with Crippen LogP contribution in [0.25, 0.3) is 0 Å². The average Bonchev–Trinajstić information content (AvgIpc) is 3.32. The molecule has 0 radical (unpaired) electrons. The molecule has 2 aliphatic rings. The molecule has 0 spiro atoms. The molecule has 8 heteroatoms. The van der Waals surface area contributed by atoms with Gasteiger partial charge in [-0.2, -0.15) is 0 Å². The fourth-order valence-corrected chi connectivity index (χ4v) is 7.83. The van der Waals surface area contributed by atoms with Crippen molar-refractivity contribution in [3.63, 3.8) is 0 Å². The number of benzene rings is 1. The van der Waals surface area contributed by atoms with Crippen LogP contribution >= 0.6 is 0 Å². The molecular weight excluding hydrogens is 548 g/mol. The highest BCUT2D eigenvalue weighted by atomic mass is 16.6. The van der Waals surface area contributed by atoms with Gasteiger partial charge in [-0.05, 0) is 95.1 Å². The summed E-state index contributed by atoms with van der Waals surface area (Å²) < 4.78 is 13.5. The highest BCUT2D eigenvalue weighted by Gasteiger charge is 2.60. The van der Waals surface area contributed by atoms with Crippen LogP contribution < -0.4 is 0 Å². The first-order valence-corrected chi connectivity index (χ1v) is 16.4. The number of carbonyl (C=O) groups excluding carboxylic acids is 1. The highest BCUT2D eigenvalue weighted by Crippen LogP contribution is 2.53. The van der Waals surface area contributed by atoms with Crippen LogP contribution in [0.3, 0.4) is 0 Å². The van der Waals surface area contributed by atoms with E-state index in [4.69, 9.17) is 9.47 Å². The second-order valence-electron chi connectivity index (χ2n) is 13.8. The molecule has 2 saturated heterocycles. The summed E-state index contributed by atoms with van der Waals surface area (Å²) in [6.45, 7) is 17.6. The maximum Gasteiger partial charge on any atom is 0.339 e. The number of carboxylic acid groups (broad SMARTS) is 1. The lowest BCUT2D eigenvalue weighted by Gasteiger charge is -2.54. The molecule has 8 nitrogen and oxygen atoms in total. The molecule has 2 heterocycles. The monoisotopic (exact) mass is 604 g/mol. The molecule has 0 saturated carbocycles. The molecule has 1 aromatic carbocycles. The number of ketones is 1. The van der Waals surface area contributed by atoms with Crippen molar-refractivity contribution in [2.24, 2.45) is 23.7 Å². The minimum absolute atomic E-state index is 0.0201. The number of aromatic hydroxyl groups is 1. The summed E-state index contributed by atoms with van der Waals surface area (Å²) in [5.74, 6) is -2.61. The zero-order valence-corrected chi connectivity index (χ0v) is 27.8. The van der Waals surface area contributed by atoms with Crippen LogP contribution in [0.2, 0.25) is 0 Å². The van der Waals surface area contributed by atoms with E-state index >= 15 is 0 Å². The van der Waals surface area contributed by atoms with E-state index < -0.39 is 34.8 Å². The first-order valence-electron chi connectivity index (χ1n) is 16.4. The molecule has 0 aliphatic carbocycles. The van der Waals surface area contributed by atoms with Crippen LogP contribution in [0.4, 0.5) is 0 Å². The molecule has 0 unspecified atom stereocenters. The molecule has 0 aromatic heterocycles. The van der Waals surface area contributed by atoms with Gasteiger partial charge in [0.25, 0.3) is 0 Å². The summed E-state index contributed by atoms with van der Waals surface area (Å²) in [5, 5.41) is 42.3. The maximum absolute atomic E-state index is 14.0. The van der Waals surface area contributed by atoms with Crippen LogP contribution in [0.1, 0.15) is 122 Å². The maximum atomic E-state index is 14.0. The predicted octanol–water partition coefficient (Wildman–Crippen LogP) is 6.23. The van der Waals surface area contributed by atoms with Crippen LogP contribution in [-0.4, -0.2) is 67.3 Å². The Balaban J connectivity index is 1.73. The minimum atomic E-state index is -1.18. The molecule has 0 bridgehead atoms. The fraction of sp³-hybridized carbons (Fsp3) is 0.771. The van der Waals surface area contributed by atoms with Crippen LogP contribution in [0.15, 0.2) is 12.1 Å². The molecule has 244 valence electrons. The number of phenols is 1. The standard InChI is InChI=1S/C35H56O8/c1-10-26(31-22(6)19-35(12-3,43-31)33(9)17-18-34(41,11-2)24(8)42-33)30(38)23(7)28(36)20(4)13-15-25-16-14-21(5)29(37)27(25)32(39)40/h14,16,20,22-24,26,28,31,36-37,41H,10-13,15,17-19H2,1-9H3,(H,39,40)/t20-,22+,23+,24+,26+,28+,31+,33-,34-,35+/m1/s1. The van der Waals surface area contributed by atoms with Crippen molar-refractivity contribution < 1.29 is 39.5 Å². The van der Waals surface area contributed by atoms with Crippen molar-refractivity contribution >= 4 is 11.8 Å².